The molecule has 3 aromatic rings. The van der Waals surface area contributed by atoms with E-state index < -0.39 is 6.10 Å². The average Bonchev–Trinajstić information content (AvgIpc) is 2.90. The summed E-state index contributed by atoms with van der Waals surface area (Å²) in [5.41, 5.74) is 4.66. The lowest BCUT2D eigenvalue weighted by Gasteiger charge is -2.36. The highest BCUT2D eigenvalue weighted by Gasteiger charge is 2.33. The minimum absolute atomic E-state index is 0.0663. The van der Waals surface area contributed by atoms with Crippen LogP contribution in [0.4, 0.5) is 5.69 Å². The summed E-state index contributed by atoms with van der Waals surface area (Å²) >= 11 is 1.70. The molecule has 0 amide bonds. The van der Waals surface area contributed by atoms with Crippen molar-refractivity contribution >= 4 is 17.6 Å². The van der Waals surface area contributed by atoms with Crippen LogP contribution in [0, 0.1) is 5.92 Å². The van der Waals surface area contributed by atoms with E-state index in [2.05, 4.69) is 78.0 Å². The van der Waals surface area contributed by atoms with Crippen LogP contribution in [0.5, 0.6) is 5.75 Å². The van der Waals surface area contributed by atoms with Crippen molar-refractivity contribution in [2.45, 2.75) is 56.3 Å². The van der Waals surface area contributed by atoms with Crippen molar-refractivity contribution < 1.29 is 14.6 Å². The first kappa shape index (κ1) is 23.3. The third kappa shape index (κ3) is 5.43. The lowest BCUT2D eigenvalue weighted by Crippen LogP contribution is -2.36. The smallest absolute Gasteiger partial charge is 0.125 e. The minimum Gasteiger partial charge on any atom is -0.490 e. The molecule has 0 radical (unpaired) electrons. The number of aliphatic hydroxyl groups excluding tert-OH is 1. The Balaban J connectivity index is 1.36. The molecule has 2 heterocycles. The molecule has 2 unspecified atom stereocenters. The van der Waals surface area contributed by atoms with E-state index in [9.17, 15) is 5.11 Å². The molecule has 3 aromatic carbocycles. The van der Waals surface area contributed by atoms with Gasteiger partial charge in [0.1, 0.15) is 11.9 Å². The Bertz CT molecular complexity index is 1070. The number of fused-ring (bicyclic) bond motifs is 1. The van der Waals surface area contributed by atoms with Gasteiger partial charge in [0.25, 0.3) is 0 Å². The van der Waals surface area contributed by atoms with Gasteiger partial charge >= 0.3 is 0 Å². The predicted octanol–water partition coefficient (Wildman–Crippen LogP) is 6.57. The number of benzene rings is 3. The number of anilines is 1. The molecule has 0 aromatic heterocycles. The summed E-state index contributed by atoms with van der Waals surface area (Å²) in [6, 6.07) is 25.6. The first-order valence-corrected chi connectivity index (χ1v) is 13.1. The van der Waals surface area contributed by atoms with Gasteiger partial charge in [0, 0.05) is 41.7 Å². The highest BCUT2D eigenvalue weighted by Crippen LogP contribution is 2.41. The monoisotopic (exact) mass is 475 g/mol. The zero-order valence-corrected chi connectivity index (χ0v) is 20.5. The van der Waals surface area contributed by atoms with Crippen molar-refractivity contribution in [1.29, 1.82) is 0 Å². The molecule has 0 spiro atoms. The zero-order chi connectivity index (χ0) is 23.3. The van der Waals surface area contributed by atoms with Crippen molar-refractivity contribution in [3.8, 4) is 5.75 Å². The van der Waals surface area contributed by atoms with Crippen LogP contribution >= 0.6 is 11.9 Å². The summed E-state index contributed by atoms with van der Waals surface area (Å²) in [5.74, 6) is 1.28. The minimum atomic E-state index is -0.497. The zero-order valence-electron chi connectivity index (χ0n) is 19.7. The van der Waals surface area contributed by atoms with Crippen LogP contribution in [0.15, 0.2) is 77.7 Å². The fourth-order valence-electron chi connectivity index (χ4n) is 4.84. The van der Waals surface area contributed by atoms with Gasteiger partial charge in [-0.15, -0.1) is 0 Å². The largest absolute Gasteiger partial charge is 0.490 e. The van der Waals surface area contributed by atoms with Crippen LogP contribution in [0.1, 0.15) is 49.0 Å². The van der Waals surface area contributed by atoms with Crippen LogP contribution < -0.4 is 9.04 Å². The summed E-state index contributed by atoms with van der Waals surface area (Å²) in [5, 5.41) is 11.0. The first-order valence-electron chi connectivity index (χ1n) is 12.3. The molecule has 34 heavy (non-hydrogen) atoms. The Morgan fingerprint density at radius 3 is 2.44 bits per heavy atom. The van der Waals surface area contributed by atoms with Crippen molar-refractivity contribution in [2.75, 3.05) is 17.5 Å². The number of hydrogen-bond acceptors (Lipinski definition) is 5. The molecule has 5 heteroatoms. The molecule has 1 saturated heterocycles. The summed E-state index contributed by atoms with van der Waals surface area (Å²) in [7, 11) is 0. The summed E-state index contributed by atoms with van der Waals surface area (Å²) in [4.78, 5) is 1.10. The van der Waals surface area contributed by atoms with Crippen molar-refractivity contribution in [1.82, 2.24) is 0 Å². The van der Waals surface area contributed by atoms with Crippen LogP contribution in [0.25, 0.3) is 0 Å². The molecule has 1 N–H and O–H groups in total. The van der Waals surface area contributed by atoms with E-state index in [1.807, 2.05) is 6.07 Å². The fourth-order valence-corrected chi connectivity index (χ4v) is 5.84. The normalized spacial score (nSPS) is 20.4. The van der Waals surface area contributed by atoms with Crippen LogP contribution in [-0.4, -0.2) is 24.4 Å². The molecule has 0 saturated carbocycles. The number of hydrogen-bond donors (Lipinski definition) is 1. The summed E-state index contributed by atoms with van der Waals surface area (Å²) in [6.07, 6.45) is 3.26. The van der Waals surface area contributed by atoms with E-state index in [4.69, 9.17) is 9.47 Å². The second kappa shape index (κ2) is 10.9. The highest BCUT2D eigenvalue weighted by atomic mass is 32.2. The van der Waals surface area contributed by atoms with Crippen molar-refractivity contribution in [3.05, 3.63) is 89.5 Å². The number of aryl methyl sites for hydroxylation is 1. The van der Waals surface area contributed by atoms with Gasteiger partial charge in [-0.3, -0.25) is 0 Å². The number of aliphatic hydroxyl groups is 1. The molecule has 0 aliphatic carbocycles. The number of nitrogens with zero attached hydrogens (tertiary/aromatic N) is 1. The first-order chi connectivity index (χ1) is 16.7. The van der Waals surface area contributed by atoms with Gasteiger partial charge in [-0.1, -0.05) is 49.4 Å². The molecule has 4 nitrogen and oxygen atoms in total. The van der Waals surface area contributed by atoms with Gasteiger partial charge in [-0.25, -0.2) is 0 Å². The molecule has 0 bridgehead atoms. The van der Waals surface area contributed by atoms with Gasteiger partial charge in [0.05, 0.1) is 12.6 Å². The Morgan fingerprint density at radius 1 is 0.941 bits per heavy atom. The molecular formula is C29H33NO3S. The average molecular weight is 476 g/mol. The Hall–Kier alpha value is -2.47. The molecule has 2 aliphatic heterocycles. The van der Waals surface area contributed by atoms with E-state index in [0.29, 0.717) is 12.3 Å². The van der Waals surface area contributed by atoms with E-state index in [1.54, 1.807) is 11.9 Å². The van der Waals surface area contributed by atoms with Gasteiger partial charge in [-0.05, 0) is 72.7 Å². The fraction of sp³-hybridized carbons (Fsp3) is 0.379. The Labute approximate surface area is 207 Å². The molecule has 178 valence electrons. The second-order valence-corrected chi connectivity index (χ2v) is 10.3. The van der Waals surface area contributed by atoms with Crippen molar-refractivity contribution in [3.63, 3.8) is 0 Å². The number of rotatable bonds is 7. The topological polar surface area (TPSA) is 41.9 Å². The highest BCUT2D eigenvalue weighted by molar-refractivity contribution is 8.00. The van der Waals surface area contributed by atoms with E-state index >= 15 is 0 Å². The van der Waals surface area contributed by atoms with E-state index in [0.717, 1.165) is 55.2 Å². The van der Waals surface area contributed by atoms with Gasteiger partial charge in [0.15, 0.2) is 0 Å². The Kier molecular flexibility index (Phi) is 7.43. The number of ether oxygens (including phenoxy) is 2. The summed E-state index contributed by atoms with van der Waals surface area (Å²) < 4.78 is 14.2. The quantitative estimate of drug-likeness (QED) is 0.391. The molecule has 1 fully saturated rings. The third-order valence-electron chi connectivity index (χ3n) is 6.88. The van der Waals surface area contributed by atoms with Crippen LogP contribution in [0.2, 0.25) is 0 Å². The van der Waals surface area contributed by atoms with E-state index in [-0.39, 0.29) is 6.10 Å². The van der Waals surface area contributed by atoms with Gasteiger partial charge < -0.3 is 18.9 Å². The lowest BCUT2D eigenvalue weighted by atomic mass is 9.87. The van der Waals surface area contributed by atoms with Gasteiger partial charge in [-0.2, -0.15) is 0 Å². The molecule has 2 atom stereocenters. The van der Waals surface area contributed by atoms with E-state index in [1.165, 1.54) is 16.8 Å². The second-order valence-electron chi connectivity index (χ2n) is 9.19. The maximum atomic E-state index is 11.0. The summed E-state index contributed by atoms with van der Waals surface area (Å²) in [6.45, 7) is 4.55. The lowest BCUT2D eigenvalue weighted by molar-refractivity contribution is -0.0151. The predicted molar refractivity (Wildman–Crippen MR) is 138 cm³/mol. The maximum Gasteiger partial charge on any atom is 0.125 e. The van der Waals surface area contributed by atoms with Crippen LogP contribution in [0.3, 0.4) is 0 Å². The maximum absolute atomic E-state index is 11.0. The molecular weight excluding hydrogens is 442 g/mol. The standard InChI is InChI=1S/C29H33NO3S/c1-2-21-8-10-24(11-9-21)30(20-22-6-4-3-5-7-22)34-25-12-13-28-26(18-25)27(31)19-29(33-28)23-14-16-32-17-15-23/h3-13,18,23,27,29,31H,2,14-17,19-20H2,1H3. The SMILES string of the molecule is CCc1ccc(N(Cc2ccccc2)Sc2ccc3c(c2)C(O)CC(C2CCOCC2)O3)cc1. The molecule has 2 aliphatic rings. The molecule has 5 rings (SSSR count). The van der Waals surface area contributed by atoms with Gasteiger partial charge in [0.2, 0.25) is 0 Å². The van der Waals surface area contributed by atoms with Crippen LogP contribution in [-0.2, 0) is 17.7 Å². The van der Waals surface area contributed by atoms with Crippen molar-refractivity contribution in [2.24, 2.45) is 5.92 Å². The third-order valence-corrected chi connectivity index (χ3v) is 7.91. The Morgan fingerprint density at radius 2 is 1.71 bits per heavy atom.